The Kier molecular flexibility index (Phi) is 4.52. The molecule has 0 spiro atoms. The van der Waals surface area contributed by atoms with Crippen LogP contribution in [0.1, 0.15) is 36.8 Å². The highest BCUT2D eigenvalue weighted by molar-refractivity contribution is 6.21. The molecule has 18 heavy (non-hydrogen) atoms. The molecule has 1 heterocycles. The van der Waals surface area contributed by atoms with Crippen LogP contribution in [0.3, 0.4) is 0 Å². The Morgan fingerprint density at radius 1 is 1.50 bits per heavy atom. The molecule has 0 radical (unpaired) electrons. The SMILES string of the molecule is CCOc1ccc(C)cc1C(Cl)C1COC(C)C1. The van der Waals surface area contributed by atoms with E-state index in [1.54, 1.807) is 0 Å². The van der Waals surface area contributed by atoms with Gasteiger partial charge in [0.15, 0.2) is 0 Å². The summed E-state index contributed by atoms with van der Waals surface area (Å²) < 4.78 is 11.3. The molecule has 3 atom stereocenters. The third-order valence-corrected chi connectivity index (χ3v) is 4.00. The minimum Gasteiger partial charge on any atom is -0.494 e. The highest BCUT2D eigenvalue weighted by Gasteiger charge is 2.31. The average Bonchev–Trinajstić information content (AvgIpc) is 2.77. The lowest BCUT2D eigenvalue weighted by Crippen LogP contribution is -2.10. The van der Waals surface area contributed by atoms with Crippen molar-refractivity contribution in [1.82, 2.24) is 0 Å². The van der Waals surface area contributed by atoms with Gasteiger partial charge in [-0.1, -0.05) is 17.7 Å². The average molecular weight is 269 g/mol. The van der Waals surface area contributed by atoms with E-state index in [0.717, 1.165) is 24.3 Å². The van der Waals surface area contributed by atoms with Gasteiger partial charge in [0.05, 0.1) is 24.7 Å². The second-order valence-electron chi connectivity index (χ2n) is 5.02. The summed E-state index contributed by atoms with van der Waals surface area (Å²) in [5, 5.41) is -0.0311. The van der Waals surface area contributed by atoms with Gasteiger partial charge in [-0.2, -0.15) is 0 Å². The number of benzene rings is 1. The Labute approximate surface area is 114 Å². The van der Waals surface area contributed by atoms with Gasteiger partial charge in [-0.15, -0.1) is 11.6 Å². The van der Waals surface area contributed by atoms with Crippen molar-refractivity contribution in [1.29, 1.82) is 0 Å². The van der Waals surface area contributed by atoms with Crippen molar-refractivity contribution in [3.8, 4) is 5.75 Å². The van der Waals surface area contributed by atoms with E-state index >= 15 is 0 Å². The summed E-state index contributed by atoms with van der Waals surface area (Å²) in [4.78, 5) is 0. The quantitative estimate of drug-likeness (QED) is 0.766. The molecule has 1 aliphatic rings. The lowest BCUT2D eigenvalue weighted by Gasteiger charge is -2.20. The predicted molar refractivity (Wildman–Crippen MR) is 74.5 cm³/mol. The molecule has 0 N–H and O–H groups in total. The Morgan fingerprint density at radius 2 is 2.28 bits per heavy atom. The molecular weight excluding hydrogens is 248 g/mol. The fourth-order valence-electron chi connectivity index (χ4n) is 2.48. The maximum absolute atomic E-state index is 6.63. The summed E-state index contributed by atoms with van der Waals surface area (Å²) in [6, 6.07) is 6.21. The number of ether oxygens (including phenoxy) is 2. The zero-order chi connectivity index (χ0) is 13.1. The van der Waals surface area contributed by atoms with Gasteiger partial charge in [-0.3, -0.25) is 0 Å². The van der Waals surface area contributed by atoms with Crippen LogP contribution in [0.25, 0.3) is 0 Å². The molecule has 100 valence electrons. The molecule has 1 aromatic rings. The molecule has 3 unspecified atom stereocenters. The normalized spacial score (nSPS) is 25.1. The van der Waals surface area contributed by atoms with Crippen molar-refractivity contribution in [3.05, 3.63) is 29.3 Å². The molecule has 1 saturated heterocycles. The van der Waals surface area contributed by atoms with Gasteiger partial charge in [0.1, 0.15) is 5.75 Å². The van der Waals surface area contributed by atoms with Gasteiger partial charge < -0.3 is 9.47 Å². The molecule has 3 heteroatoms. The van der Waals surface area contributed by atoms with Gasteiger partial charge in [0.25, 0.3) is 0 Å². The van der Waals surface area contributed by atoms with Crippen LogP contribution in [0.2, 0.25) is 0 Å². The first-order chi connectivity index (χ1) is 8.61. The van der Waals surface area contributed by atoms with Gasteiger partial charge in [0.2, 0.25) is 0 Å². The lowest BCUT2D eigenvalue weighted by molar-refractivity contribution is 0.119. The van der Waals surface area contributed by atoms with E-state index in [1.165, 1.54) is 5.56 Å². The van der Waals surface area contributed by atoms with Crippen LogP contribution in [0.15, 0.2) is 18.2 Å². The minimum atomic E-state index is -0.0311. The standard InChI is InChI=1S/C15H21ClO2/c1-4-17-14-6-5-10(2)7-13(14)15(16)12-8-11(3)18-9-12/h5-7,11-12,15H,4,8-9H2,1-3H3. The number of aryl methyl sites for hydroxylation is 1. The van der Waals surface area contributed by atoms with Crippen LogP contribution in [0.4, 0.5) is 0 Å². The van der Waals surface area contributed by atoms with Gasteiger partial charge in [0, 0.05) is 11.5 Å². The van der Waals surface area contributed by atoms with Crippen LogP contribution in [0, 0.1) is 12.8 Å². The molecule has 0 amide bonds. The van der Waals surface area contributed by atoms with E-state index in [1.807, 2.05) is 13.0 Å². The predicted octanol–water partition coefficient (Wildman–Crippen LogP) is 4.10. The molecule has 0 saturated carbocycles. The fraction of sp³-hybridized carbons (Fsp3) is 0.600. The Balaban J connectivity index is 2.22. The number of hydrogen-bond donors (Lipinski definition) is 0. The Bertz CT molecular complexity index is 405. The number of rotatable bonds is 4. The van der Waals surface area contributed by atoms with Crippen LogP contribution in [-0.2, 0) is 4.74 Å². The van der Waals surface area contributed by atoms with Crippen LogP contribution < -0.4 is 4.74 Å². The molecule has 0 aliphatic carbocycles. The lowest BCUT2D eigenvalue weighted by atomic mass is 9.95. The topological polar surface area (TPSA) is 18.5 Å². The van der Waals surface area contributed by atoms with E-state index < -0.39 is 0 Å². The maximum atomic E-state index is 6.63. The summed E-state index contributed by atoms with van der Waals surface area (Å²) in [6.07, 6.45) is 1.34. The third-order valence-electron chi connectivity index (χ3n) is 3.41. The van der Waals surface area contributed by atoms with Crippen LogP contribution in [0.5, 0.6) is 5.75 Å². The molecule has 2 nitrogen and oxygen atoms in total. The summed E-state index contributed by atoms with van der Waals surface area (Å²) in [6.45, 7) is 7.58. The Hall–Kier alpha value is -0.730. The first-order valence-electron chi connectivity index (χ1n) is 6.60. The molecule has 1 aliphatic heterocycles. The highest BCUT2D eigenvalue weighted by Crippen LogP contribution is 2.40. The highest BCUT2D eigenvalue weighted by atomic mass is 35.5. The van der Waals surface area contributed by atoms with E-state index in [0.29, 0.717) is 18.6 Å². The van der Waals surface area contributed by atoms with Crippen molar-refractivity contribution >= 4 is 11.6 Å². The summed E-state index contributed by atoms with van der Waals surface area (Å²) >= 11 is 6.63. The molecule has 2 rings (SSSR count). The summed E-state index contributed by atoms with van der Waals surface area (Å²) in [5.41, 5.74) is 2.31. The molecule has 1 aromatic carbocycles. The van der Waals surface area contributed by atoms with Crippen molar-refractivity contribution in [2.24, 2.45) is 5.92 Å². The van der Waals surface area contributed by atoms with E-state index in [2.05, 4.69) is 26.0 Å². The molecule has 0 aromatic heterocycles. The molecule has 0 bridgehead atoms. The minimum absolute atomic E-state index is 0.0311. The smallest absolute Gasteiger partial charge is 0.123 e. The monoisotopic (exact) mass is 268 g/mol. The van der Waals surface area contributed by atoms with Crippen LogP contribution >= 0.6 is 11.6 Å². The van der Waals surface area contributed by atoms with Gasteiger partial charge in [-0.25, -0.2) is 0 Å². The largest absolute Gasteiger partial charge is 0.494 e. The number of alkyl halides is 1. The van der Waals surface area contributed by atoms with Gasteiger partial charge in [-0.05, 0) is 33.3 Å². The van der Waals surface area contributed by atoms with Crippen LogP contribution in [-0.4, -0.2) is 19.3 Å². The summed E-state index contributed by atoms with van der Waals surface area (Å²) in [5.74, 6) is 1.28. The first-order valence-corrected chi connectivity index (χ1v) is 7.04. The fourth-order valence-corrected chi connectivity index (χ4v) is 2.82. The van der Waals surface area contributed by atoms with Crippen molar-refractivity contribution in [2.45, 2.75) is 38.7 Å². The van der Waals surface area contributed by atoms with Crippen molar-refractivity contribution in [3.63, 3.8) is 0 Å². The summed E-state index contributed by atoms with van der Waals surface area (Å²) in [7, 11) is 0. The third kappa shape index (κ3) is 2.99. The van der Waals surface area contributed by atoms with Gasteiger partial charge >= 0.3 is 0 Å². The van der Waals surface area contributed by atoms with E-state index in [9.17, 15) is 0 Å². The second-order valence-corrected chi connectivity index (χ2v) is 5.49. The zero-order valence-electron chi connectivity index (χ0n) is 11.3. The molecular formula is C15H21ClO2. The second kappa shape index (κ2) is 5.94. The van der Waals surface area contributed by atoms with E-state index in [-0.39, 0.29) is 5.38 Å². The van der Waals surface area contributed by atoms with Crippen molar-refractivity contribution < 1.29 is 9.47 Å². The number of halogens is 1. The Morgan fingerprint density at radius 3 is 2.89 bits per heavy atom. The zero-order valence-corrected chi connectivity index (χ0v) is 12.0. The first kappa shape index (κ1) is 13.7. The maximum Gasteiger partial charge on any atom is 0.123 e. The van der Waals surface area contributed by atoms with Crippen molar-refractivity contribution in [2.75, 3.05) is 13.2 Å². The number of hydrogen-bond acceptors (Lipinski definition) is 2. The van der Waals surface area contributed by atoms with E-state index in [4.69, 9.17) is 21.1 Å². The molecule has 1 fully saturated rings.